The average Bonchev–Trinajstić information content (AvgIpc) is 2.25. The zero-order chi connectivity index (χ0) is 13.8. The largest absolute Gasteiger partial charge is 0.351 e. The minimum Gasteiger partial charge on any atom is -0.351 e. The van der Waals surface area contributed by atoms with E-state index in [0.717, 1.165) is 11.3 Å². The van der Waals surface area contributed by atoms with Crippen LogP contribution in [0, 0.1) is 0 Å². The van der Waals surface area contributed by atoms with E-state index in [9.17, 15) is 4.79 Å². The zero-order valence-electron chi connectivity index (χ0n) is 11.3. The minimum absolute atomic E-state index is 0.0644. The van der Waals surface area contributed by atoms with Crippen molar-refractivity contribution in [3.05, 3.63) is 29.3 Å². The quantitative estimate of drug-likeness (QED) is 0.843. The van der Waals surface area contributed by atoms with Crippen LogP contribution in [-0.4, -0.2) is 16.7 Å². The number of benzene rings is 1. The van der Waals surface area contributed by atoms with Crippen LogP contribution in [0.4, 0.5) is 0 Å². The summed E-state index contributed by atoms with van der Waals surface area (Å²) in [5.74, 6) is 0.0879. The Morgan fingerprint density at radius 2 is 1.89 bits per heavy atom. The molecule has 0 aliphatic carbocycles. The van der Waals surface area contributed by atoms with Crippen molar-refractivity contribution >= 4 is 29.3 Å². The molecule has 0 aliphatic heterocycles. The topological polar surface area (TPSA) is 29.1 Å². The fraction of sp³-hybridized carbons (Fsp3) is 0.500. The molecule has 1 aromatic carbocycles. The van der Waals surface area contributed by atoms with E-state index in [2.05, 4.69) is 5.32 Å². The average molecular weight is 286 g/mol. The third kappa shape index (κ3) is 5.32. The van der Waals surface area contributed by atoms with Crippen LogP contribution in [0.15, 0.2) is 29.2 Å². The molecule has 4 heteroatoms. The van der Waals surface area contributed by atoms with Crippen molar-refractivity contribution in [1.82, 2.24) is 5.32 Å². The molecule has 1 N–H and O–H groups in total. The number of amides is 1. The second kappa shape index (κ2) is 6.48. The predicted octanol–water partition coefficient (Wildman–Crippen LogP) is 4.13. The highest BCUT2D eigenvalue weighted by Crippen LogP contribution is 2.27. The Morgan fingerprint density at radius 3 is 2.33 bits per heavy atom. The Hall–Kier alpha value is -0.670. The van der Waals surface area contributed by atoms with E-state index in [-0.39, 0.29) is 16.7 Å². The first-order valence-electron chi connectivity index (χ1n) is 6.06. The smallest absolute Gasteiger partial charge is 0.233 e. The molecule has 0 fully saturated rings. The third-order valence-corrected chi connectivity index (χ3v) is 3.88. The lowest BCUT2D eigenvalue weighted by atomic mass is 10.1. The lowest BCUT2D eigenvalue weighted by Gasteiger charge is -2.24. The molecule has 18 heavy (non-hydrogen) atoms. The molecule has 2 nitrogen and oxygen atoms in total. The van der Waals surface area contributed by atoms with Gasteiger partial charge in [-0.3, -0.25) is 4.79 Å². The number of rotatable bonds is 4. The van der Waals surface area contributed by atoms with Gasteiger partial charge in [0.15, 0.2) is 0 Å². The highest BCUT2D eigenvalue weighted by Gasteiger charge is 2.22. The van der Waals surface area contributed by atoms with E-state index in [4.69, 9.17) is 11.6 Å². The molecule has 1 aromatic rings. The molecule has 0 saturated heterocycles. The van der Waals surface area contributed by atoms with Crippen LogP contribution in [-0.2, 0) is 4.79 Å². The van der Waals surface area contributed by atoms with Crippen LogP contribution >= 0.6 is 23.4 Å². The van der Waals surface area contributed by atoms with Crippen molar-refractivity contribution in [1.29, 1.82) is 0 Å². The van der Waals surface area contributed by atoms with E-state index in [1.807, 2.05) is 52.0 Å². The fourth-order valence-corrected chi connectivity index (χ4v) is 2.53. The van der Waals surface area contributed by atoms with Gasteiger partial charge in [0.05, 0.1) is 5.25 Å². The highest BCUT2D eigenvalue weighted by atomic mass is 35.5. The first-order valence-corrected chi connectivity index (χ1v) is 7.32. The lowest BCUT2D eigenvalue weighted by Crippen LogP contribution is -2.44. The van der Waals surface area contributed by atoms with Crippen molar-refractivity contribution in [3.8, 4) is 0 Å². The Balaban J connectivity index is 2.67. The Labute approximate surface area is 118 Å². The summed E-state index contributed by atoms with van der Waals surface area (Å²) in [6.45, 7) is 8.00. The number of halogens is 1. The molecule has 0 heterocycles. The van der Waals surface area contributed by atoms with Crippen LogP contribution in [0.2, 0.25) is 5.02 Å². The van der Waals surface area contributed by atoms with Crippen molar-refractivity contribution in [2.45, 2.75) is 49.8 Å². The van der Waals surface area contributed by atoms with E-state index >= 15 is 0 Å². The molecule has 1 atom stereocenters. The summed E-state index contributed by atoms with van der Waals surface area (Å²) >= 11 is 7.42. The van der Waals surface area contributed by atoms with Gasteiger partial charge in [0, 0.05) is 15.5 Å². The summed E-state index contributed by atoms with van der Waals surface area (Å²) in [6, 6.07) is 7.58. The van der Waals surface area contributed by atoms with Gasteiger partial charge in [0.1, 0.15) is 0 Å². The fourth-order valence-electron chi connectivity index (χ4n) is 1.45. The second-order valence-corrected chi connectivity index (χ2v) is 6.92. The van der Waals surface area contributed by atoms with Gasteiger partial charge in [-0.1, -0.05) is 18.5 Å². The standard InChI is InChI=1S/C14H20ClNOS/c1-5-12(13(17)16-14(2,3)4)18-11-8-6-10(15)7-9-11/h6-9,12H,5H2,1-4H3,(H,16,17)/t12-/m0/s1. The van der Waals surface area contributed by atoms with Gasteiger partial charge in [-0.15, -0.1) is 11.8 Å². The van der Waals surface area contributed by atoms with E-state index in [1.165, 1.54) is 0 Å². The van der Waals surface area contributed by atoms with Crippen molar-refractivity contribution in [3.63, 3.8) is 0 Å². The summed E-state index contributed by atoms with van der Waals surface area (Å²) in [4.78, 5) is 13.2. The number of hydrogen-bond donors (Lipinski definition) is 1. The van der Waals surface area contributed by atoms with Crippen molar-refractivity contribution in [2.75, 3.05) is 0 Å². The maximum Gasteiger partial charge on any atom is 0.233 e. The van der Waals surface area contributed by atoms with Gasteiger partial charge in [-0.25, -0.2) is 0 Å². The Morgan fingerprint density at radius 1 is 1.33 bits per heavy atom. The number of hydrogen-bond acceptors (Lipinski definition) is 2. The van der Waals surface area contributed by atoms with Gasteiger partial charge in [-0.2, -0.15) is 0 Å². The molecule has 0 radical (unpaired) electrons. The lowest BCUT2D eigenvalue weighted by molar-refractivity contribution is -0.122. The maximum atomic E-state index is 12.1. The highest BCUT2D eigenvalue weighted by molar-refractivity contribution is 8.00. The van der Waals surface area contributed by atoms with Crippen LogP contribution in [0.1, 0.15) is 34.1 Å². The number of nitrogens with one attached hydrogen (secondary N) is 1. The summed E-state index contributed by atoms with van der Waals surface area (Å²) < 4.78 is 0. The Bertz CT molecular complexity index is 397. The minimum atomic E-state index is -0.189. The van der Waals surface area contributed by atoms with Crippen LogP contribution < -0.4 is 5.32 Å². The molecule has 0 unspecified atom stereocenters. The van der Waals surface area contributed by atoms with E-state index in [1.54, 1.807) is 11.8 Å². The summed E-state index contributed by atoms with van der Waals surface area (Å²) in [5.41, 5.74) is -0.189. The van der Waals surface area contributed by atoms with Gasteiger partial charge in [0.25, 0.3) is 0 Å². The van der Waals surface area contributed by atoms with Crippen LogP contribution in [0.3, 0.4) is 0 Å². The predicted molar refractivity (Wildman–Crippen MR) is 79.3 cm³/mol. The molecule has 100 valence electrons. The molecule has 0 saturated carbocycles. The molecular formula is C14H20ClNOS. The Kier molecular flexibility index (Phi) is 5.54. The van der Waals surface area contributed by atoms with Gasteiger partial charge in [-0.05, 0) is 51.5 Å². The van der Waals surface area contributed by atoms with Crippen molar-refractivity contribution in [2.24, 2.45) is 0 Å². The molecule has 0 spiro atoms. The molecule has 0 aliphatic rings. The molecule has 1 rings (SSSR count). The maximum absolute atomic E-state index is 12.1. The number of carbonyl (C=O) groups excluding carboxylic acids is 1. The summed E-state index contributed by atoms with van der Waals surface area (Å²) in [5, 5.41) is 3.67. The third-order valence-electron chi connectivity index (χ3n) is 2.25. The van der Waals surface area contributed by atoms with E-state index < -0.39 is 0 Å². The van der Waals surface area contributed by atoms with E-state index in [0.29, 0.717) is 5.02 Å². The zero-order valence-corrected chi connectivity index (χ0v) is 12.9. The first kappa shape index (κ1) is 15.4. The van der Waals surface area contributed by atoms with Crippen LogP contribution in [0.5, 0.6) is 0 Å². The molecular weight excluding hydrogens is 266 g/mol. The van der Waals surface area contributed by atoms with Gasteiger partial charge >= 0.3 is 0 Å². The van der Waals surface area contributed by atoms with Crippen LogP contribution in [0.25, 0.3) is 0 Å². The first-order chi connectivity index (χ1) is 8.31. The molecule has 1 amide bonds. The number of carbonyl (C=O) groups is 1. The normalized spacial score (nSPS) is 13.2. The number of thioether (sulfide) groups is 1. The molecule has 0 bridgehead atoms. The summed E-state index contributed by atoms with van der Waals surface area (Å²) in [6.07, 6.45) is 0.801. The van der Waals surface area contributed by atoms with Gasteiger partial charge in [0.2, 0.25) is 5.91 Å². The SMILES string of the molecule is CC[C@H](Sc1ccc(Cl)cc1)C(=O)NC(C)(C)C. The second-order valence-electron chi connectivity index (χ2n) is 5.21. The summed E-state index contributed by atoms with van der Waals surface area (Å²) in [7, 11) is 0. The van der Waals surface area contributed by atoms with Gasteiger partial charge < -0.3 is 5.32 Å². The van der Waals surface area contributed by atoms with Crippen molar-refractivity contribution < 1.29 is 4.79 Å². The molecule has 0 aromatic heterocycles. The monoisotopic (exact) mass is 285 g/mol.